The summed E-state index contributed by atoms with van der Waals surface area (Å²) in [5.74, 6) is 0. The molecule has 0 bridgehead atoms. The molecular weight excluding hydrogens is 256 g/mol. The zero-order valence-corrected chi connectivity index (χ0v) is 10.2. The van der Waals surface area contributed by atoms with Gasteiger partial charge in [0, 0.05) is 19.3 Å². The second-order valence-corrected chi connectivity index (χ2v) is 4.83. The molecule has 1 N–H and O–H groups in total. The number of aliphatic hydroxyl groups excluding tert-OH is 1. The Kier molecular flexibility index (Phi) is 3.72. The smallest absolute Gasteiger partial charge is 0.106 e. The zero-order chi connectivity index (χ0) is 10.7. The first kappa shape index (κ1) is 11.0. The molecule has 1 fully saturated rings. The predicted octanol–water partition coefficient (Wildman–Crippen LogP) is 1.80. The number of hydrogen-bond donors (Lipinski definition) is 1. The Bertz CT molecular complexity index is 315. The number of piperidine rings is 1. The second-order valence-electron chi connectivity index (χ2n) is 4.02. The van der Waals surface area contributed by atoms with Crippen LogP contribution in [0.25, 0.3) is 0 Å². The molecule has 0 amide bonds. The Morgan fingerprint density at radius 2 is 2.40 bits per heavy atom. The fourth-order valence-corrected chi connectivity index (χ4v) is 2.17. The van der Waals surface area contributed by atoms with Crippen LogP contribution in [0.4, 0.5) is 0 Å². The van der Waals surface area contributed by atoms with Crippen LogP contribution in [0.1, 0.15) is 18.4 Å². The van der Waals surface area contributed by atoms with Gasteiger partial charge in [-0.3, -0.25) is 4.90 Å². The molecule has 1 aromatic rings. The van der Waals surface area contributed by atoms with Crippen LogP contribution in [0.3, 0.4) is 0 Å². The molecule has 15 heavy (non-hydrogen) atoms. The molecule has 0 aliphatic carbocycles. The minimum atomic E-state index is -0.151. The van der Waals surface area contributed by atoms with Crippen molar-refractivity contribution in [3.8, 4) is 0 Å². The summed E-state index contributed by atoms with van der Waals surface area (Å²) in [5, 5.41) is 9.54. The topological polar surface area (TPSA) is 36.4 Å². The van der Waals surface area contributed by atoms with Gasteiger partial charge < -0.3 is 5.11 Å². The van der Waals surface area contributed by atoms with Gasteiger partial charge >= 0.3 is 0 Å². The van der Waals surface area contributed by atoms with Crippen LogP contribution in [0.5, 0.6) is 0 Å². The van der Waals surface area contributed by atoms with Crippen LogP contribution in [0.2, 0.25) is 0 Å². The van der Waals surface area contributed by atoms with Crippen molar-refractivity contribution in [2.45, 2.75) is 25.5 Å². The van der Waals surface area contributed by atoms with E-state index in [1.807, 2.05) is 12.3 Å². The van der Waals surface area contributed by atoms with E-state index in [2.05, 4.69) is 31.9 Å². The van der Waals surface area contributed by atoms with Gasteiger partial charge in [-0.2, -0.15) is 0 Å². The van der Waals surface area contributed by atoms with E-state index in [-0.39, 0.29) is 6.10 Å². The van der Waals surface area contributed by atoms with Crippen LogP contribution in [-0.2, 0) is 6.54 Å². The molecule has 0 aromatic carbocycles. The molecular formula is C11H15BrN2O. The Balaban J connectivity index is 1.93. The highest BCUT2D eigenvalue weighted by Gasteiger charge is 2.17. The van der Waals surface area contributed by atoms with Crippen molar-refractivity contribution in [3.05, 3.63) is 28.5 Å². The highest BCUT2D eigenvalue weighted by atomic mass is 79.9. The lowest BCUT2D eigenvalue weighted by molar-refractivity contribution is 0.0668. The summed E-state index contributed by atoms with van der Waals surface area (Å²) >= 11 is 3.32. The van der Waals surface area contributed by atoms with Crippen LogP contribution in [0, 0.1) is 0 Å². The molecule has 1 atom stereocenters. The van der Waals surface area contributed by atoms with Gasteiger partial charge in [0.1, 0.15) is 4.60 Å². The van der Waals surface area contributed by atoms with Crippen LogP contribution in [0.15, 0.2) is 22.9 Å². The molecule has 82 valence electrons. The van der Waals surface area contributed by atoms with Crippen molar-refractivity contribution in [1.29, 1.82) is 0 Å². The largest absolute Gasteiger partial charge is 0.392 e. The van der Waals surface area contributed by atoms with E-state index in [0.29, 0.717) is 0 Å². The Hall–Kier alpha value is -0.450. The van der Waals surface area contributed by atoms with Gasteiger partial charge in [-0.15, -0.1) is 0 Å². The zero-order valence-electron chi connectivity index (χ0n) is 8.56. The van der Waals surface area contributed by atoms with Crippen LogP contribution in [-0.4, -0.2) is 34.2 Å². The Morgan fingerprint density at radius 3 is 3.07 bits per heavy atom. The van der Waals surface area contributed by atoms with E-state index in [1.165, 1.54) is 5.56 Å². The number of aliphatic hydroxyl groups is 1. The maximum absolute atomic E-state index is 9.54. The predicted molar refractivity (Wildman–Crippen MR) is 62.5 cm³/mol. The summed E-state index contributed by atoms with van der Waals surface area (Å²) in [4.78, 5) is 6.47. The SMILES string of the molecule is OC1CCCN(Cc2ccc(Br)nc2)C1. The molecule has 0 saturated carbocycles. The minimum absolute atomic E-state index is 0.151. The third kappa shape index (κ3) is 3.26. The quantitative estimate of drug-likeness (QED) is 0.833. The van der Waals surface area contributed by atoms with Gasteiger partial charge in [-0.05, 0) is 46.9 Å². The molecule has 1 unspecified atom stereocenters. The highest BCUT2D eigenvalue weighted by Crippen LogP contribution is 2.14. The lowest BCUT2D eigenvalue weighted by atomic mass is 10.1. The molecule has 1 aliphatic heterocycles. The van der Waals surface area contributed by atoms with E-state index in [4.69, 9.17) is 0 Å². The van der Waals surface area contributed by atoms with Crippen molar-refractivity contribution in [3.63, 3.8) is 0 Å². The fraction of sp³-hybridized carbons (Fsp3) is 0.545. The van der Waals surface area contributed by atoms with Crippen molar-refractivity contribution >= 4 is 15.9 Å². The van der Waals surface area contributed by atoms with Gasteiger partial charge in [0.15, 0.2) is 0 Å². The molecule has 1 saturated heterocycles. The molecule has 3 nitrogen and oxygen atoms in total. The van der Waals surface area contributed by atoms with Crippen molar-refractivity contribution in [1.82, 2.24) is 9.88 Å². The van der Waals surface area contributed by atoms with Crippen molar-refractivity contribution < 1.29 is 5.11 Å². The number of hydrogen-bond acceptors (Lipinski definition) is 3. The van der Waals surface area contributed by atoms with Crippen LogP contribution < -0.4 is 0 Å². The lowest BCUT2D eigenvalue weighted by Crippen LogP contribution is -2.37. The molecule has 0 spiro atoms. The first-order valence-corrected chi connectivity index (χ1v) is 6.04. The molecule has 2 heterocycles. The van der Waals surface area contributed by atoms with E-state index in [1.54, 1.807) is 0 Å². The first-order valence-electron chi connectivity index (χ1n) is 5.25. The van der Waals surface area contributed by atoms with Gasteiger partial charge in [0.05, 0.1) is 6.10 Å². The molecule has 0 radical (unpaired) electrons. The first-order chi connectivity index (χ1) is 7.24. The fourth-order valence-electron chi connectivity index (χ4n) is 1.93. The maximum Gasteiger partial charge on any atom is 0.106 e. The summed E-state index contributed by atoms with van der Waals surface area (Å²) in [7, 11) is 0. The lowest BCUT2D eigenvalue weighted by Gasteiger charge is -2.29. The third-order valence-electron chi connectivity index (χ3n) is 2.68. The molecule has 1 aliphatic rings. The second kappa shape index (κ2) is 5.05. The standard InChI is InChI=1S/C11H15BrN2O/c12-11-4-3-9(6-13-11)7-14-5-1-2-10(15)8-14/h3-4,6,10,15H,1-2,5,7-8H2. The Morgan fingerprint density at radius 1 is 1.53 bits per heavy atom. The average Bonchev–Trinajstić information content (AvgIpc) is 2.22. The molecule has 4 heteroatoms. The summed E-state index contributed by atoms with van der Waals surface area (Å²) < 4.78 is 0.866. The van der Waals surface area contributed by atoms with Gasteiger partial charge in [0.25, 0.3) is 0 Å². The van der Waals surface area contributed by atoms with E-state index >= 15 is 0 Å². The number of rotatable bonds is 2. The molecule has 1 aromatic heterocycles. The third-order valence-corrected chi connectivity index (χ3v) is 3.14. The normalized spacial score (nSPS) is 22.9. The number of likely N-dealkylation sites (tertiary alicyclic amines) is 1. The number of nitrogens with zero attached hydrogens (tertiary/aromatic N) is 2. The van der Waals surface area contributed by atoms with Crippen molar-refractivity contribution in [2.75, 3.05) is 13.1 Å². The summed E-state index contributed by atoms with van der Waals surface area (Å²) in [6, 6.07) is 4.02. The number of halogens is 1. The summed E-state index contributed by atoms with van der Waals surface area (Å²) in [6.07, 6.45) is 3.76. The maximum atomic E-state index is 9.54. The van der Waals surface area contributed by atoms with E-state index in [9.17, 15) is 5.11 Å². The summed E-state index contributed by atoms with van der Waals surface area (Å²) in [5.41, 5.74) is 1.20. The highest BCUT2D eigenvalue weighted by molar-refractivity contribution is 9.10. The van der Waals surface area contributed by atoms with Gasteiger partial charge in [-0.1, -0.05) is 6.07 Å². The van der Waals surface area contributed by atoms with Crippen LogP contribution >= 0.6 is 15.9 Å². The average molecular weight is 271 g/mol. The summed E-state index contributed by atoms with van der Waals surface area (Å²) in [6.45, 7) is 2.75. The molecule has 2 rings (SSSR count). The number of pyridine rings is 1. The van der Waals surface area contributed by atoms with Gasteiger partial charge in [0.2, 0.25) is 0 Å². The number of aromatic nitrogens is 1. The number of β-amino-alcohol motifs (C(OH)–C–C–N with tert-alkyl or cyclic N) is 1. The van der Waals surface area contributed by atoms with Crippen molar-refractivity contribution in [2.24, 2.45) is 0 Å². The van der Waals surface area contributed by atoms with E-state index in [0.717, 1.165) is 37.1 Å². The monoisotopic (exact) mass is 270 g/mol. The minimum Gasteiger partial charge on any atom is -0.392 e. The Labute approximate surface area is 98.3 Å². The van der Waals surface area contributed by atoms with E-state index < -0.39 is 0 Å². The van der Waals surface area contributed by atoms with Gasteiger partial charge in [-0.25, -0.2) is 4.98 Å².